The number of halogens is 3. The van der Waals surface area contributed by atoms with Gasteiger partial charge < -0.3 is 15.2 Å². The van der Waals surface area contributed by atoms with Crippen molar-refractivity contribution in [2.45, 2.75) is 37.5 Å². The van der Waals surface area contributed by atoms with Gasteiger partial charge in [0, 0.05) is 25.5 Å². The molecule has 0 unspecified atom stereocenters. The number of carbonyl (C=O) groups excluding carboxylic acids is 1. The van der Waals surface area contributed by atoms with Gasteiger partial charge in [-0.05, 0) is 24.1 Å². The lowest BCUT2D eigenvalue weighted by molar-refractivity contribution is -0.141. The fraction of sp³-hybridized carbons (Fsp3) is 0.400. The fourth-order valence-corrected chi connectivity index (χ4v) is 4.73. The summed E-state index contributed by atoms with van der Waals surface area (Å²) in [4.78, 5) is 25.5. The summed E-state index contributed by atoms with van der Waals surface area (Å²) in [7, 11) is -3.43. The molecular weight excluding hydrogens is 461 g/mol. The van der Waals surface area contributed by atoms with E-state index in [0.717, 1.165) is 12.5 Å². The van der Waals surface area contributed by atoms with Crippen molar-refractivity contribution in [2.24, 2.45) is 11.7 Å². The predicted molar refractivity (Wildman–Crippen MR) is 113 cm³/mol. The van der Waals surface area contributed by atoms with Crippen molar-refractivity contribution in [2.75, 3.05) is 17.7 Å². The van der Waals surface area contributed by atoms with Gasteiger partial charge in [-0.1, -0.05) is 13.8 Å². The minimum absolute atomic E-state index is 0.107. The van der Waals surface area contributed by atoms with Crippen LogP contribution in [0.25, 0.3) is 11.0 Å². The smallest absolute Gasteiger partial charge is 0.365 e. The number of carbonyl (C=O) groups is 1. The molecule has 4 rings (SSSR count). The van der Waals surface area contributed by atoms with Crippen molar-refractivity contribution in [3.05, 3.63) is 41.5 Å². The number of nitrogens with two attached hydrogens (primary N) is 1. The highest BCUT2D eigenvalue weighted by Gasteiger charge is 2.40. The Morgan fingerprint density at radius 1 is 1.21 bits per heavy atom. The van der Waals surface area contributed by atoms with Gasteiger partial charge >= 0.3 is 6.18 Å². The van der Waals surface area contributed by atoms with Gasteiger partial charge in [0.05, 0.1) is 27.5 Å². The maximum absolute atomic E-state index is 13.5. The van der Waals surface area contributed by atoms with Crippen LogP contribution in [0.15, 0.2) is 29.3 Å². The second kappa shape index (κ2) is 7.68. The third kappa shape index (κ3) is 4.01. The van der Waals surface area contributed by atoms with Crippen LogP contribution in [0.5, 0.6) is 0 Å². The van der Waals surface area contributed by atoms with Crippen molar-refractivity contribution in [3.8, 4) is 0 Å². The maximum atomic E-state index is 13.5. The molecule has 2 N–H and O–H groups in total. The Balaban J connectivity index is 1.85. The van der Waals surface area contributed by atoms with Crippen LogP contribution in [-0.2, 0) is 22.6 Å². The van der Waals surface area contributed by atoms with E-state index < -0.39 is 39.2 Å². The number of rotatable bonds is 4. The van der Waals surface area contributed by atoms with Gasteiger partial charge in [0.2, 0.25) is 5.95 Å². The lowest BCUT2D eigenvalue weighted by Crippen LogP contribution is -2.42. The number of hydrogen-bond acceptors (Lipinski definition) is 7. The van der Waals surface area contributed by atoms with Crippen LogP contribution < -0.4 is 10.6 Å². The van der Waals surface area contributed by atoms with Gasteiger partial charge in [-0.3, -0.25) is 4.79 Å². The summed E-state index contributed by atoms with van der Waals surface area (Å²) >= 11 is 0. The average Bonchev–Trinajstić information content (AvgIpc) is 3.08. The van der Waals surface area contributed by atoms with E-state index in [1.165, 1.54) is 6.07 Å². The predicted octanol–water partition coefficient (Wildman–Crippen LogP) is 2.56. The molecule has 176 valence electrons. The molecule has 2 aromatic heterocycles. The van der Waals surface area contributed by atoms with Crippen molar-refractivity contribution in [3.63, 3.8) is 0 Å². The molecule has 0 aliphatic carbocycles. The Bertz CT molecular complexity index is 1370. The van der Waals surface area contributed by atoms with Gasteiger partial charge in [0.1, 0.15) is 5.82 Å². The molecule has 0 saturated carbocycles. The number of amides is 1. The van der Waals surface area contributed by atoms with E-state index in [2.05, 4.69) is 15.0 Å². The first-order valence-corrected chi connectivity index (χ1v) is 11.9. The molecule has 33 heavy (non-hydrogen) atoms. The number of fused-ring (bicyclic) bond motifs is 3. The number of anilines is 1. The Kier molecular flexibility index (Phi) is 5.34. The third-order valence-electron chi connectivity index (χ3n) is 5.54. The van der Waals surface area contributed by atoms with E-state index in [1.54, 1.807) is 17.0 Å². The largest absolute Gasteiger partial charge is 0.434 e. The Morgan fingerprint density at radius 2 is 1.91 bits per heavy atom. The van der Waals surface area contributed by atoms with Crippen LogP contribution in [0.3, 0.4) is 0 Å². The van der Waals surface area contributed by atoms with Crippen LogP contribution in [0.4, 0.5) is 19.1 Å². The summed E-state index contributed by atoms with van der Waals surface area (Å²) in [5.74, 6) is -1.01. The Hall–Kier alpha value is -3.22. The fourth-order valence-electron chi connectivity index (χ4n) is 4.09. The van der Waals surface area contributed by atoms with E-state index in [0.29, 0.717) is 23.4 Å². The van der Waals surface area contributed by atoms with E-state index in [1.807, 2.05) is 18.4 Å². The first kappa shape index (κ1) is 23.0. The standard InChI is InChI=1S/C20H21F3N6O3S/c1-10(2)15-18-26-13-5-4-11(33(3,31)32)8-14(13)28(18)6-7-29(15)19-25-9-12(17(24)30)16(27-19)20(21,22)23/h4-5,8-10,15H,6-7H2,1-3H3,(H2,24,30)/t15-/m1/s1. The van der Waals surface area contributed by atoms with Crippen LogP contribution in [0.2, 0.25) is 0 Å². The van der Waals surface area contributed by atoms with Crippen LogP contribution in [0, 0.1) is 5.92 Å². The number of sulfone groups is 1. The van der Waals surface area contributed by atoms with Gasteiger partial charge in [-0.15, -0.1) is 0 Å². The minimum atomic E-state index is -4.89. The van der Waals surface area contributed by atoms with Crippen molar-refractivity contribution < 1.29 is 26.4 Å². The summed E-state index contributed by atoms with van der Waals surface area (Å²) in [5, 5.41) is 0. The molecule has 1 aliphatic rings. The van der Waals surface area contributed by atoms with Crippen molar-refractivity contribution in [1.29, 1.82) is 0 Å². The summed E-state index contributed by atoms with van der Waals surface area (Å²) in [6.07, 6.45) is -2.98. The molecule has 9 nitrogen and oxygen atoms in total. The molecule has 0 saturated heterocycles. The highest BCUT2D eigenvalue weighted by Crippen LogP contribution is 2.38. The molecule has 3 aromatic rings. The second-order valence-electron chi connectivity index (χ2n) is 8.22. The van der Waals surface area contributed by atoms with Crippen LogP contribution in [-0.4, -0.2) is 46.6 Å². The lowest BCUT2D eigenvalue weighted by atomic mass is 10.00. The SMILES string of the molecule is CC(C)[C@@H]1c2nc3ccc(S(C)(=O)=O)cc3n2CCN1c1ncc(C(N)=O)c(C(F)(F)F)n1. The van der Waals surface area contributed by atoms with Gasteiger partial charge in [0.15, 0.2) is 15.5 Å². The first-order chi connectivity index (χ1) is 15.3. The molecule has 0 bridgehead atoms. The van der Waals surface area contributed by atoms with Crippen LogP contribution in [0.1, 0.15) is 41.8 Å². The molecule has 1 aliphatic heterocycles. The number of nitrogens with zero attached hydrogens (tertiary/aromatic N) is 5. The number of hydrogen-bond donors (Lipinski definition) is 1. The topological polar surface area (TPSA) is 124 Å². The summed E-state index contributed by atoms with van der Waals surface area (Å²) in [6, 6.07) is 4.14. The molecule has 0 radical (unpaired) electrons. The lowest BCUT2D eigenvalue weighted by Gasteiger charge is -2.38. The van der Waals surface area contributed by atoms with E-state index >= 15 is 0 Å². The molecule has 3 heterocycles. The molecule has 1 amide bonds. The monoisotopic (exact) mass is 482 g/mol. The van der Waals surface area contributed by atoms with Gasteiger partial charge in [0.25, 0.3) is 5.91 Å². The molecule has 0 fully saturated rings. The number of alkyl halides is 3. The zero-order valence-electron chi connectivity index (χ0n) is 18.0. The average molecular weight is 482 g/mol. The quantitative estimate of drug-likeness (QED) is 0.606. The zero-order valence-corrected chi connectivity index (χ0v) is 18.8. The molecule has 1 aromatic carbocycles. The van der Waals surface area contributed by atoms with E-state index in [-0.39, 0.29) is 23.3 Å². The summed E-state index contributed by atoms with van der Waals surface area (Å²) in [5.41, 5.74) is 4.08. The number of aromatic nitrogens is 4. The highest BCUT2D eigenvalue weighted by atomic mass is 32.2. The summed E-state index contributed by atoms with van der Waals surface area (Å²) in [6.45, 7) is 4.34. The molecular formula is C20H21F3N6O3S. The molecule has 13 heteroatoms. The minimum Gasteiger partial charge on any atom is -0.365 e. The normalized spacial score (nSPS) is 16.9. The molecule has 0 spiro atoms. The van der Waals surface area contributed by atoms with Crippen LogP contribution >= 0.6 is 0 Å². The van der Waals surface area contributed by atoms with Crippen molar-refractivity contribution in [1.82, 2.24) is 19.5 Å². The Labute approximate surface area is 187 Å². The number of imidazole rings is 1. The first-order valence-electron chi connectivity index (χ1n) is 10.00. The zero-order chi connectivity index (χ0) is 24.3. The van der Waals surface area contributed by atoms with E-state index in [4.69, 9.17) is 5.73 Å². The van der Waals surface area contributed by atoms with Gasteiger partial charge in [-0.25, -0.2) is 23.4 Å². The van der Waals surface area contributed by atoms with E-state index in [9.17, 15) is 26.4 Å². The Morgan fingerprint density at radius 3 is 2.48 bits per heavy atom. The van der Waals surface area contributed by atoms with Crippen molar-refractivity contribution >= 4 is 32.7 Å². The second-order valence-corrected chi connectivity index (χ2v) is 10.2. The number of primary amides is 1. The van der Waals surface area contributed by atoms with Gasteiger partial charge in [-0.2, -0.15) is 13.2 Å². The third-order valence-corrected chi connectivity index (χ3v) is 6.65. The number of benzene rings is 1. The maximum Gasteiger partial charge on any atom is 0.434 e. The molecule has 1 atom stereocenters. The summed E-state index contributed by atoms with van der Waals surface area (Å²) < 4.78 is 66.5. The highest BCUT2D eigenvalue weighted by molar-refractivity contribution is 7.90.